The molecule has 0 radical (unpaired) electrons. The number of carbonyl (C=O) groups is 1. The molecule has 0 bridgehead atoms. The Morgan fingerprint density at radius 1 is 1.57 bits per heavy atom. The van der Waals surface area contributed by atoms with Crippen LogP contribution in [0.25, 0.3) is 0 Å². The second-order valence-corrected chi connectivity index (χ2v) is 3.61. The molecule has 1 aromatic heterocycles. The van der Waals surface area contributed by atoms with Crippen molar-refractivity contribution in [1.82, 2.24) is 15.4 Å². The van der Waals surface area contributed by atoms with E-state index in [-0.39, 0.29) is 11.1 Å². The number of hydrogen-bond donors (Lipinski definition) is 2. The van der Waals surface area contributed by atoms with Crippen LogP contribution in [0.2, 0.25) is 0 Å². The Bertz CT molecular complexity index is 414. The maximum atomic E-state index is 11.5. The molecule has 2 N–H and O–H groups in total. The van der Waals surface area contributed by atoms with Crippen molar-refractivity contribution >= 4 is 21.8 Å². The number of rotatable bonds is 2. The lowest BCUT2D eigenvalue weighted by Gasteiger charge is -2.04. The van der Waals surface area contributed by atoms with Crippen LogP contribution in [-0.4, -0.2) is 17.5 Å². The first kappa shape index (κ1) is 10.9. The zero-order chi connectivity index (χ0) is 10.7. The predicted octanol–water partition coefficient (Wildman–Crippen LogP) is 0.0120. The fraction of sp³-hybridized carbons (Fsp3) is 0.250. The Morgan fingerprint density at radius 2 is 2.21 bits per heavy atom. The SMILES string of the molecule is CNNC(=O)c1cc(Br)cn(C)c1=O. The van der Waals surface area contributed by atoms with Crippen LogP contribution < -0.4 is 16.4 Å². The second-order valence-electron chi connectivity index (χ2n) is 2.69. The van der Waals surface area contributed by atoms with E-state index in [1.54, 1.807) is 20.3 Å². The quantitative estimate of drug-likeness (QED) is 0.736. The highest BCUT2D eigenvalue weighted by molar-refractivity contribution is 9.10. The molecule has 0 saturated heterocycles. The van der Waals surface area contributed by atoms with Gasteiger partial charge < -0.3 is 4.57 Å². The summed E-state index contributed by atoms with van der Waals surface area (Å²) in [4.78, 5) is 22.9. The monoisotopic (exact) mass is 259 g/mol. The standard InChI is InChI=1S/C8H10BrN3O2/c1-10-11-7(13)6-3-5(9)4-12(2)8(6)14/h3-4,10H,1-2H3,(H,11,13). The molecule has 0 aromatic carbocycles. The van der Waals surface area contributed by atoms with Crippen molar-refractivity contribution in [2.75, 3.05) is 7.05 Å². The minimum absolute atomic E-state index is 0.0937. The molecule has 14 heavy (non-hydrogen) atoms. The van der Waals surface area contributed by atoms with Gasteiger partial charge in [-0.2, -0.15) is 0 Å². The van der Waals surface area contributed by atoms with E-state index in [4.69, 9.17) is 0 Å². The number of hydrazine groups is 1. The number of amides is 1. The van der Waals surface area contributed by atoms with Crippen LogP contribution in [0.1, 0.15) is 10.4 Å². The van der Waals surface area contributed by atoms with Gasteiger partial charge in [0.15, 0.2) is 0 Å². The van der Waals surface area contributed by atoms with E-state index in [1.165, 1.54) is 10.6 Å². The van der Waals surface area contributed by atoms with Gasteiger partial charge in [0.2, 0.25) is 0 Å². The van der Waals surface area contributed by atoms with Crippen LogP contribution >= 0.6 is 15.9 Å². The molecule has 6 heteroatoms. The van der Waals surface area contributed by atoms with Crippen LogP contribution in [0.4, 0.5) is 0 Å². The van der Waals surface area contributed by atoms with Crippen molar-refractivity contribution in [2.24, 2.45) is 7.05 Å². The third kappa shape index (κ3) is 2.21. The van der Waals surface area contributed by atoms with Gasteiger partial charge >= 0.3 is 0 Å². The number of hydrogen-bond acceptors (Lipinski definition) is 3. The predicted molar refractivity (Wildman–Crippen MR) is 55.9 cm³/mol. The average Bonchev–Trinajstić information content (AvgIpc) is 2.11. The maximum Gasteiger partial charge on any atom is 0.271 e. The molecule has 0 aliphatic heterocycles. The van der Waals surface area contributed by atoms with Crippen LogP contribution in [0.15, 0.2) is 21.5 Å². The third-order valence-electron chi connectivity index (χ3n) is 1.63. The zero-order valence-corrected chi connectivity index (χ0v) is 9.38. The van der Waals surface area contributed by atoms with Crippen LogP contribution in [0.3, 0.4) is 0 Å². The minimum Gasteiger partial charge on any atom is -0.317 e. The lowest BCUT2D eigenvalue weighted by Crippen LogP contribution is -2.38. The molecule has 0 aliphatic carbocycles. The Hall–Kier alpha value is -1.14. The third-order valence-corrected chi connectivity index (χ3v) is 2.07. The molecule has 0 atom stereocenters. The summed E-state index contributed by atoms with van der Waals surface area (Å²) >= 11 is 3.21. The highest BCUT2D eigenvalue weighted by Crippen LogP contribution is 2.07. The molecule has 76 valence electrons. The largest absolute Gasteiger partial charge is 0.317 e. The van der Waals surface area contributed by atoms with Crippen molar-refractivity contribution in [3.8, 4) is 0 Å². The molecule has 1 aromatic rings. The number of halogens is 1. The van der Waals surface area contributed by atoms with Crippen LogP contribution in [-0.2, 0) is 7.05 Å². The molecule has 1 heterocycles. The first-order valence-corrected chi connectivity index (χ1v) is 4.69. The lowest BCUT2D eigenvalue weighted by atomic mass is 10.2. The fourth-order valence-electron chi connectivity index (χ4n) is 1.01. The van der Waals surface area contributed by atoms with Crippen LogP contribution in [0, 0.1) is 0 Å². The summed E-state index contributed by atoms with van der Waals surface area (Å²) in [5.74, 6) is -0.450. The van der Waals surface area contributed by atoms with Gasteiger partial charge in [-0.15, -0.1) is 0 Å². The second kappa shape index (κ2) is 4.39. The number of aryl methyl sites for hydroxylation is 1. The topological polar surface area (TPSA) is 63.1 Å². The molecule has 0 saturated carbocycles. The summed E-state index contributed by atoms with van der Waals surface area (Å²) in [6, 6.07) is 1.48. The molecule has 0 unspecified atom stereocenters. The van der Waals surface area contributed by atoms with E-state index in [0.29, 0.717) is 4.47 Å². The van der Waals surface area contributed by atoms with E-state index < -0.39 is 5.91 Å². The van der Waals surface area contributed by atoms with E-state index >= 15 is 0 Å². The first-order valence-electron chi connectivity index (χ1n) is 3.89. The molecule has 5 nitrogen and oxygen atoms in total. The van der Waals surface area contributed by atoms with E-state index in [9.17, 15) is 9.59 Å². The van der Waals surface area contributed by atoms with Gasteiger partial charge in [0.25, 0.3) is 11.5 Å². The maximum absolute atomic E-state index is 11.5. The van der Waals surface area contributed by atoms with Gasteiger partial charge in [-0.1, -0.05) is 0 Å². The Balaban J connectivity index is 3.21. The number of nitrogens with one attached hydrogen (secondary N) is 2. The van der Waals surface area contributed by atoms with E-state index in [2.05, 4.69) is 26.8 Å². The highest BCUT2D eigenvalue weighted by atomic mass is 79.9. The van der Waals surface area contributed by atoms with Gasteiger partial charge in [-0.3, -0.25) is 15.0 Å². The Labute approximate surface area is 89.2 Å². The first-order chi connectivity index (χ1) is 6.56. The Morgan fingerprint density at radius 3 is 2.79 bits per heavy atom. The normalized spacial score (nSPS) is 9.93. The van der Waals surface area contributed by atoms with E-state index in [1.807, 2.05) is 0 Å². The van der Waals surface area contributed by atoms with Crippen molar-refractivity contribution in [3.63, 3.8) is 0 Å². The number of aromatic nitrogens is 1. The minimum atomic E-state index is -0.450. The summed E-state index contributed by atoms with van der Waals surface area (Å²) in [5, 5.41) is 0. The molecule has 0 aliphatic rings. The fourth-order valence-corrected chi connectivity index (χ4v) is 1.55. The van der Waals surface area contributed by atoms with Gasteiger partial charge in [0, 0.05) is 24.8 Å². The van der Waals surface area contributed by atoms with Gasteiger partial charge in [-0.25, -0.2) is 5.43 Å². The van der Waals surface area contributed by atoms with E-state index in [0.717, 1.165) is 0 Å². The van der Waals surface area contributed by atoms with Crippen molar-refractivity contribution in [1.29, 1.82) is 0 Å². The Kier molecular flexibility index (Phi) is 3.43. The van der Waals surface area contributed by atoms with Crippen LogP contribution in [0.5, 0.6) is 0 Å². The zero-order valence-electron chi connectivity index (χ0n) is 7.80. The smallest absolute Gasteiger partial charge is 0.271 e. The lowest BCUT2D eigenvalue weighted by molar-refractivity contribution is 0.0936. The van der Waals surface area contributed by atoms with Crippen molar-refractivity contribution in [3.05, 3.63) is 32.7 Å². The molecular formula is C8H10BrN3O2. The summed E-state index contributed by atoms with van der Waals surface area (Å²) < 4.78 is 2.02. The summed E-state index contributed by atoms with van der Waals surface area (Å²) in [6.07, 6.45) is 1.60. The van der Waals surface area contributed by atoms with Gasteiger partial charge in [0.05, 0.1) is 0 Å². The van der Waals surface area contributed by atoms with Crippen molar-refractivity contribution < 1.29 is 4.79 Å². The molecule has 0 spiro atoms. The molecular weight excluding hydrogens is 250 g/mol. The highest BCUT2D eigenvalue weighted by Gasteiger charge is 2.11. The number of nitrogens with zero attached hydrogens (tertiary/aromatic N) is 1. The molecule has 0 fully saturated rings. The molecule has 1 amide bonds. The summed E-state index contributed by atoms with van der Waals surface area (Å²) in [7, 11) is 3.14. The summed E-state index contributed by atoms with van der Waals surface area (Å²) in [6.45, 7) is 0. The molecule has 1 rings (SSSR count). The number of pyridine rings is 1. The van der Waals surface area contributed by atoms with Crippen molar-refractivity contribution in [2.45, 2.75) is 0 Å². The number of carbonyl (C=O) groups excluding carboxylic acids is 1. The van der Waals surface area contributed by atoms with Gasteiger partial charge in [-0.05, 0) is 22.0 Å². The summed E-state index contributed by atoms with van der Waals surface area (Å²) in [5.41, 5.74) is 4.56. The average molecular weight is 260 g/mol. The van der Waals surface area contributed by atoms with Gasteiger partial charge in [0.1, 0.15) is 5.56 Å².